The predicted molar refractivity (Wildman–Crippen MR) is 80.2 cm³/mol. The lowest BCUT2D eigenvalue weighted by Gasteiger charge is -2.16. The zero-order chi connectivity index (χ0) is 14.8. The normalized spacial score (nSPS) is 12.0. The molecule has 1 N–H and O–H groups in total. The summed E-state index contributed by atoms with van der Waals surface area (Å²) in [7, 11) is -1.96. The Morgan fingerprint density at radius 2 is 1.95 bits per heavy atom. The van der Waals surface area contributed by atoms with Crippen LogP contribution in [0, 0.1) is 6.92 Å². The number of benzene rings is 1. The molecule has 0 aliphatic rings. The van der Waals surface area contributed by atoms with Gasteiger partial charge in [0, 0.05) is 18.5 Å². The van der Waals surface area contributed by atoms with Crippen LogP contribution in [0.2, 0.25) is 0 Å². The van der Waals surface area contributed by atoms with Crippen LogP contribution in [0.3, 0.4) is 0 Å². The SMILES string of the molecule is CSc1ccc(CN(C)S(=O)(=O)c2cnc(C)[nH]2)cc1. The fourth-order valence-electron chi connectivity index (χ4n) is 1.77. The van der Waals surface area contributed by atoms with E-state index < -0.39 is 10.0 Å². The summed E-state index contributed by atoms with van der Waals surface area (Å²) in [6, 6.07) is 7.85. The zero-order valence-corrected chi connectivity index (χ0v) is 13.3. The Morgan fingerprint density at radius 1 is 1.30 bits per heavy atom. The van der Waals surface area contributed by atoms with Crippen molar-refractivity contribution < 1.29 is 8.42 Å². The number of hydrogen-bond donors (Lipinski definition) is 1. The van der Waals surface area contributed by atoms with Crippen LogP contribution in [0.1, 0.15) is 11.4 Å². The number of hydrogen-bond acceptors (Lipinski definition) is 4. The Labute approximate surface area is 123 Å². The van der Waals surface area contributed by atoms with Gasteiger partial charge in [0.1, 0.15) is 5.82 Å². The molecule has 7 heteroatoms. The van der Waals surface area contributed by atoms with Gasteiger partial charge in [-0.1, -0.05) is 12.1 Å². The minimum atomic E-state index is -3.52. The lowest BCUT2D eigenvalue weighted by atomic mass is 10.2. The molecule has 0 radical (unpaired) electrons. The summed E-state index contributed by atoms with van der Waals surface area (Å²) < 4.78 is 26.0. The molecule has 0 saturated heterocycles. The molecule has 0 amide bonds. The summed E-state index contributed by atoms with van der Waals surface area (Å²) in [4.78, 5) is 7.84. The van der Waals surface area contributed by atoms with Crippen molar-refractivity contribution in [2.75, 3.05) is 13.3 Å². The summed E-state index contributed by atoms with van der Waals surface area (Å²) in [5, 5.41) is 0.123. The van der Waals surface area contributed by atoms with E-state index in [1.807, 2.05) is 30.5 Å². The Morgan fingerprint density at radius 3 is 2.45 bits per heavy atom. The van der Waals surface area contributed by atoms with Crippen molar-refractivity contribution in [1.29, 1.82) is 0 Å². The molecule has 2 rings (SSSR count). The number of sulfonamides is 1. The fourth-order valence-corrected chi connectivity index (χ4v) is 3.30. The third-order valence-corrected chi connectivity index (χ3v) is 5.39. The second kappa shape index (κ2) is 5.99. The smallest absolute Gasteiger partial charge is 0.260 e. The van der Waals surface area contributed by atoms with Gasteiger partial charge in [0.05, 0.1) is 6.20 Å². The van der Waals surface area contributed by atoms with Crippen molar-refractivity contribution in [1.82, 2.24) is 14.3 Å². The Balaban J connectivity index is 2.16. The molecule has 1 aromatic carbocycles. The fraction of sp³-hybridized carbons (Fsp3) is 0.308. The molecule has 5 nitrogen and oxygen atoms in total. The summed E-state index contributed by atoms with van der Waals surface area (Å²) >= 11 is 1.66. The average molecular weight is 311 g/mol. The van der Waals surface area contributed by atoms with Crippen LogP contribution in [0.4, 0.5) is 0 Å². The molecule has 0 spiro atoms. The first-order valence-electron chi connectivity index (χ1n) is 6.04. The van der Waals surface area contributed by atoms with Gasteiger partial charge >= 0.3 is 0 Å². The van der Waals surface area contributed by atoms with E-state index >= 15 is 0 Å². The van der Waals surface area contributed by atoms with Gasteiger partial charge in [0.15, 0.2) is 5.03 Å². The number of imidazole rings is 1. The van der Waals surface area contributed by atoms with Crippen LogP contribution in [-0.4, -0.2) is 36.0 Å². The molecule has 0 bridgehead atoms. The van der Waals surface area contributed by atoms with Crippen molar-refractivity contribution in [2.24, 2.45) is 0 Å². The number of rotatable bonds is 5. The Kier molecular flexibility index (Phi) is 4.52. The largest absolute Gasteiger partial charge is 0.332 e. The van der Waals surface area contributed by atoms with Gasteiger partial charge in [-0.05, 0) is 30.9 Å². The van der Waals surface area contributed by atoms with Gasteiger partial charge < -0.3 is 4.98 Å². The predicted octanol–water partition coefficient (Wildman–Crippen LogP) is 2.26. The maximum atomic E-state index is 12.3. The number of aromatic nitrogens is 2. The highest BCUT2D eigenvalue weighted by Gasteiger charge is 2.22. The number of thioether (sulfide) groups is 1. The lowest BCUT2D eigenvalue weighted by Crippen LogP contribution is -2.26. The molecule has 0 unspecified atom stereocenters. The van der Waals surface area contributed by atoms with Gasteiger partial charge in [-0.15, -0.1) is 11.8 Å². The van der Waals surface area contributed by atoms with Crippen LogP contribution in [0.25, 0.3) is 0 Å². The third kappa shape index (κ3) is 3.23. The Bertz CT molecular complexity index is 678. The van der Waals surface area contributed by atoms with Crippen LogP contribution < -0.4 is 0 Å². The topological polar surface area (TPSA) is 66.1 Å². The summed E-state index contributed by atoms with van der Waals surface area (Å²) in [5.41, 5.74) is 0.949. The van der Waals surface area contributed by atoms with E-state index in [0.717, 1.165) is 10.5 Å². The summed E-state index contributed by atoms with van der Waals surface area (Å²) in [6.07, 6.45) is 3.35. The zero-order valence-electron chi connectivity index (χ0n) is 11.6. The number of nitrogens with zero attached hydrogens (tertiary/aromatic N) is 2. The van der Waals surface area contributed by atoms with Crippen LogP contribution in [0.15, 0.2) is 40.4 Å². The van der Waals surface area contributed by atoms with Gasteiger partial charge in [-0.2, -0.15) is 4.31 Å². The van der Waals surface area contributed by atoms with Crippen molar-refractivity contribution >= 4 is 21.8 Å². The van der Waals surface area contributed by atoms with Crippen molar-refractivity contribution in [3.63, 3.8) is 0 Å². The van der Waals surface area contributed by atoms with Crippen LogP contribution in [0.5, 0.6) is 0 Å². The highest BCUT2D eigenvalue weighted by Crippen LogP contribution is 2.18. The maximum absolute atomic E-state index is 12.3. The van der Waals surface area contributed by atoms with Crippen molar-refractivity contribution in [2.45, 2.75) is 23.4 Å². The van der Waals surface area contributed by atoms with Gasteiger partial charge in [0.2, 0.25) is 0 Å². The molecule has 0 saturated carbocycles. The first-order chi connectivity index (χ1) is 9.43. The number of H-pyrrole nitrogens is 1. The molecule has 0 atom stereocenters. The number of nitrogens with one attached hydrogen (secondary N) is 1. The second-order valence-electron chi connectivity index (χ2n) is 4.44. The van der Waals surface area contributed by atoms with Gasteiger partial charge in [0.25, 0.3) is 10.0 Å². The molecule has 0 aliphatic heterocycles. The minimum absolute atomic E-state index is 0.123. The first kappa shape index (κ1) is 15.1. The van der Waals surface area contributed by atoms with E-state index in [1.54, 1.807) is 25.7 Å². The summed E-state index contributed by atoms with van der Waals surface area (Å²) in [6.45, 7) is 2.05. The highest BCUT2D eigenvalue weighted by atomic mass is 32.2. The van der Waals surface area contributed by atoms with E-state index in [9.17, 15) is 8.42 Å². The third-order valence-electron chi connectivity index (χ3n) is 2.93. The molecular formula is C13H17N3O2S2. The van der Waals surface area contributed by atoms with E-state index in [0.29, 0.717) is 12.4 Å². The quantitative estimate of drug-likeness (QED) is 0.860. The second-order valence-corrected chi connectivity index (χ2v) is 7.33. The molecule has 0 fully saturated rings. The highest BCUT2D eigenvalue weighted by molar-refractivity contribution is 7.98. The van der Waals surface area contributed by atoms with Gasteiger partial charge in [-0.25, -0.2) is 13.4 Å². The lowest BCUT2D eigenvalue weighted by molar-refractivity contribution is 0.464. The monoisotopic (exact) mass is 311 g/mol. The van der Waals surface area contributed by atoms with Gasteiger partial charge in [-0.3, -0.25) is 0 Å². The molecule has 20 heavy (non-hydrogen) atoms. The molecule has 108 valence electrons. The average Bonchev–Trinajstić information content (AvgIpc) is 2.87. The van der Waals surface area contributed by atoms with E-state index in [4.69, 9.17) is 0 Å². The molecule has 1 aromatic heterocycles. The van der Waals surface area contributed by atoms with Crippen molar-refractivity contribution in [3.05, 3.63) is 41.9 Å². The number of aromatic amines is 1. The first-order valence-corrected chi connectivity index (χ1v) is 8.71. The number of aryl methyl sites for hydroxylation is 1. The molecule has 1 heterocycles. The Hall–Kier alpha value is -1.31. The standard InChI is InChI=1S/C13H17N3O2S2/c1-10-14-8-13(15-10)20(17,18)16(2)9-11-4-6-12(19-3)7-5-11/h4-8H,9H2,1-3H3,(H,14,15). The molecular weight excluding hydrogens is 294 g/mol. The van der Waals surface area contributed by atoms with E-state index in [-0.39, 0.29) is 5.03 Å². The van der Waals surface area contributed by atoms with E-state index in [2.05, 4.69) is 9.97 Å². The van der Waals surface area contributed by atoms with E-state index in [1.165, 1.54) is 10.5 Å². The maximum Gasteiger partial charge on any atom is 0.260 e. The van der Waals surface area contributed by atoms with Crippen LogP contribution in [-0.2, 0) is 16.6 Å². The van der Waals surface area contributed by atoms with Crippen molar-refractivity contribution in [3.8, 4) is 0 Å². The molecule has 0 aliphatic carbocycles. The summed E-state index contributed by atoms with van der Waals surface area (Å²) in [5.74, 6) is 0.585. The minimum Gasteiger partial charge on any atom is -0.332 e. The molecule has 2 aromatic rings. The van der Waals surface area contributed by atoms with Crippen LogP contribution >= 0.6 is 11.8 Å².